The first kappa shape index (κ1) is 28.9. The Morgan fingerprint density at radius 2 is 1.83 bits per heavy atom. The molecule has 9 nitrogen and oxygen atoms in total. The standard InChI is InChI=1S/C32H32N4O5S/c1-21-29(31(38)41-19-22-9-5-4-6-10-22)30(26-18-25(39-2)12-13-27(26)40-3)36-24(20-42-32(36)35-21)17-28(37)34-16-14-23-11-7-8-15-33-23/h4-13,15,18,20,30H,14,16-17,19H2,1-3H3,(H,34,37)/t30-/m0/s1. The minimum absolute atomic E-state index is 0.0996. The Bertz CT molecular complexity index is 1540. The fourth-order valence-electron chi connectivity index (χ4n) is 4.88. The Labute approximate surface area is 249 Å². The second kappa shape index (κ2) is 13.4. The van der Waals surface area contributed by atoms with Crippen molar-refractivity contribution < 1.29 is 23.8 Å². The first-order valence-corrected chi connectivity index (χ1v) is 14.4. The first-order chi connectivity index (χ1) is 20.5. The monoisotopic (exact) mass is 584 g/mol. The smallest absolute Gasteiger partial charge is 0.338 e. The summed E-state index contributed by atoms with van der Waals surface area (Å²) in [7, 11) is 3.17. The number of aromatic nitrogens is 1. The molecule has 3 aromatic rings. The van der Waals surface area contributed by atoms with Gasteiger partial charge in [-0.3, -0.25) is 9.78 Å². The number of nitrogens with zero attached hydrogens (tertiary/aromatic N) is 3. The van der Waals surface area contributed by atoms with Crippen LogP contribution in [0.15, 0.2) is 100 Å². The molecule has 42 heavy (non-hydrogen) atoms. The van der Waals surface area contributed by atoms with Crippen LogP contribution in [0.2, 0.25) is 0 Å². The van der Waals surface area contributed by atoms with E-state index in [0.717, 1.165) is 11.3 Å². The summed E-state index contributed by atoms with van der Waals surface area (Å²) in [5.74, 6) is 0.536. The first-order valence-electron chi connectivity index (χ1n) is 13.5. The van der Waals surface area contributed by atoms with Gasteiger partial charge in [0, 0.05) is 36.1 Å². The van der Waals surface area contributed by atoms with Gasteiger partial charge in [0.1, 0.15) is 18.1 Å². The highest BCUT2D eigenvalue weighted by Gasteiger charge is 2.42. The van der Waals surface area contributed by atoms with Gasteiger partial charge >= 0.3 is 5.97 Å². The predicted molar refractivity (Wildman–Crippen MR) is 162 cm³/mol. The van der Waals surface area contributed by atoms with E-state index in [-0.39, 0.29) is 18.9 Å². The summed E-state index contributed by atoms with van der Waals surface area (Å²) in [5.41, 5.74) is 4.09. The zero-order valence-corrected chi connectivity index (χ0v) is 24.5. The minimum atomic E-state index is -0.659. The number of hydrogen-bond acceptors (Lipinski definition) is 9. The maximum absolute atomic E-state index is 13.8. The number of carbonyl (C=O) groups is 2. The molecule has 1 amide bonds. The van der Waals surface area contributed by atoms with Crippen molar-refractivity contribution in [2.75, 3.05) is 20.8 Å². The third-order valence-electron chi connectivity index (χ3n) is 6.94. The van der Waals surface area contributed by atoms with Crippen molar-refractivity contribution in [3.63, 3.8) is 0 Å². The molecule has 2 aliphatic heterocycles. The van der Waals surface area contributed by atoms with Crippen LogP contribution in [0.3, 0.4) is 0 Å². The number of rotatable bonds is 11. The van der Waals surface area contributed by atoms with E-state index in [2.05, 4.69) is 10.3 Å². The van der Waals surface area contributed by atoms with Crippen molar-refractivity contribution in [3.05, 3.63) is 112 Å². The fourth-order valence-corrected chi connectivity index (χ4v) is 5.85. The Kier molecular flexibility index (Phi) is 9.23. The average Bonchev–Trinajstić information content (AvgIpc) is 3.41. The highest BCUT2D eigenvalue weighted by Crippen LogP contribution is 2.47. The summed E-state index contributed by atoms with van der Waals surface area (Å²) in [6.45, 7) is 2.37. The lowest BCUT2D eigenvalue weighted by Crippen LogP contribution is -2.38. The van der Waals surface area contributed by atoms with Gasteiger partial charge in [0.05, 0.1) is 38.0 Å². The number of nitrogens with one attached hydrogen (secondary N) is 1. The van der Waals surface area contributed by atoms with Gasteiger partial charge in [-0.1, -0.05) is 48.2 Å². The van der Waals surface area contributed by atoms with Crippen LogP contribution in [-0.2, 0) is 27.4 Å². The number of ether oxygens (including phenoxy) is 3. The number of amidine groups is 1. The Morgan fingerprint density at radius 1 is 1.02 bits per heavy atom. The number of esters is 1. The molecule has 216 valence electrons. The van der Waals surface area contributed by atoms with Crippen LogP contribution >= 0.6 is 11.8 Å². The van der Waals surface area contributed by atoms with E-state index in [1.54, 1.807) is 39.5 Å². The molecule has 0 spiro atoms. The summed E-state index contributed by atoms with van der Waals surface area (Å²) < 4.78 is 17.1. The Balaban J connectivity index is 1.43. The lowest BCUT2D eigenvalue weighted by atomic mass is 9.92. The van der Waals surface area contributed by atoms with Crippen LogP contribution in [0.5, 0.6) is 11.5 Å². The molecule has 0 unspecified atom stereocenters. The van der Waals surface area contributed by atoms with E-state index < -0.39 is 12.0 Å². The molecule has 10 heteroatoms. The molecule has 5 rings (SSSR count). The van der Waals surface area contributed by atoms with Gasteiger partial charge < -0.3 is 24.4 Å². The van der Waals surface area contributed by atoms with Crippen LogP contribution in [0.4, 0.5) is 0 Å². The van der Waals surface area contributed by atoms with Gasteiger partial charge in [-0.2, -0.15) is 0 Å². The Morgan fingerprint density at radius 3 is 2.57 bits per heavy atom. The van der Waals surface area contributed by atoms with E-state index >= 15 is 0 Å². The summed E-state index contributed by atoms with van der Waals surface area (Å²) in [6, 6.07) is 20.0. The molecule has 0 saturated heterocycles. The summed E-state index contributed by atoms with van der Waals surface area (Å²) >= 11 is 1.41. The highest BCUT2D eigenvalue weighted by atomic mass is 32.2. The lowest BCUT2D eigenvalue weighted by molar-refractivity contribution is -0.141. The summed E-state index contributed by atoms with van der Waals surface area (Å²) in [6.07, 6.45) is 2.46. The highest BCUT2D eigenvalue weighted by molar-refractivity contribution is 8.16. The summed E-state index contributed by atoms with van der Waals surface area (Å²) in [5, 5.41) is 5.56. The molecule has 0 bridgehead atoms. The quantitative estimate of drug-likeness (QED) is 0.308. The van der Waals surface area contributed by atoms with E-state index in [1.165, 1.54) is 11.8 Å². The minimum Gasteiger partial charge on any atom is -0.497 e. The molecule has 3 heterocycles. The molecular formula is C32H32N4O5S. The Hall–Kier alpha value is -4.57. The van der Waals surface area contributed by atoms with Crippen LogP contribution in [-0.4, -0.2) is 47.7 Å². The number of hydrogen-bond donors (Lipinski definition) is 1. The van der Waals surface area contributed by atoms with Crippen molar-refractivity contribution in [3.8, 4) is 11.5 Å². The SMILES string of the molecule is COc1ccc(OC)c([C@H]2C(C(=O)OCc3ccccc3)=C(C)N=C3SC=C(CC(=O)NCCc4ccccn4)N32)c1. The van der Waals surface area contributed by atoms with E-state index in [1.807, 2.05) is 64.9 Å². The molecule has 1 atom stereocenters. The summed E-state index contributed by atoms with van der Waals surface area (Å²) in [4.78, 5) is 37.8. The van der Waals surface area contributed by atoms with Crippen molar-refractivity contribution in [2.45, 2.75) is 32.4 Å². The number of fused-ring (bicyclic) bond motifs is 1. The third-order valence-corrected chi connectivity index (χ3v) is 7.82. The van der Waals surface area contributed by atoms with Crippen molar-refractivity contribution in [1.29, 1.82) is 0 Å². The fraction of sp³-hybridized carbons (Fsp3) is 0.250. The second-order valence-electron chi connectivity index (χ2n) is 9.66. The molecular weight excluding hydrogens is 552 g/mol. The van der Waals surface area contributed by atoms with Gasteiger partial charge in [-0.05, 0) is 48.2 Å². The van der Waals surface area contributed by atoms with Gasteiger partial charge in [0.25, 0.3) is 0 Å². The molecule has 1 aromatic heterocycles. The largest absolute Gasteiger partial charge is 0.497 e. The molecule has 0 aliphatic carbocycles. The maximum atomic E-state index is 13.8. The second-order valence-corrected chi connectivity index (χ2v) is 10.5. The zero-order chi connectivity index (χ0) is 29.5. The van der Waals surface area contributed by atoms with E-state index in [9.17, 15) is 9.59 Å². The van der Waals surface area contributed by atoms with Crippen LogP contribution < -0.4 is 14.8 Å². The van der Waals surface area contributed by atoms with Gasteiger partial charge in [0.2, 0.25) is 5.91 Å². The average molecular weight is 585 g/mol. The van der Waals surface area contributed by atoms with E-state index in [0.29, 0.717) is 52.2 Å². The van der Waals surface area contributed by atoms with Crippen molar-refractivity contribution >= 4 is 28.8 Å². The number of amides is 1. The molecule has 2 aromatic carbocycles. The molecule has 1 N–H and O–H groups in total. The van der Waals surface area contributed by atoms with Gasteiger partial charge in [-0.15, -0.1) is 0 Å². The number of methoxy groups -OCH3 is 2. The lowest BCUT2D eigenvalue weighted by Gasteiger charge is -2.37. The van der Waals surface area contributed by atoms with Crippen molar-refractivity contribution in [2.24, 2.45) is 4.99 Å². The molecule has 0 fully saturated rings. The van der Waals surface area contributed by atoms with Gasteiger partial charge in [0.15, 0.2) is 5.17 Å². The van der Waals surface area contributed by atoms with E-state index in [4.69, 9.17) is 19.2 Å². The molecule has 0 radical (unpaired) electrons. The van der Waals surface area contributed by atoms with Crippen LogP contribution in [0, 0.1) is 0 Å². The number of thioether (sulfide) groups is 1. The molecule has 0 saturated carbocycles. The number of benzene rings is 2. The maximum Gasteiger partial charge on any atom is 0.338 e. The normalized spacial score (nSPS) is 15.9. The van der Waals surface area contributed by atoms with Crippen LogP contribution in [0.1, 0.15) is 36.2 Å². The number of allylic oxidation sites excluding steroid dienone is 1. The number of carbonyl (C=O) groups excluding carboxylic acids is 2. The number of aliphatic imine (C=N–C) groups is 1. The zero-order valence-electron chi connectivity index (χ0n) is 23.7. The molecule has 2 aliphatic rings. The van der Waals surface area contributed by atoms with Crippen molar-refractivity contribution in [1.82, 2.24) is 15.2 Å². The number of pyridine rings is 1. The third kappa shape index (κ3) is 6.49. The van der Waals surface area contributed by atoms with Gasteiger partial charge in [-0.25, -0.2) is 9.79 Å². The predicted octanol–water partition coefficient (Wildman–Crippen LogP) is 5.17. The topological polar surface area (TPSA) is 102 Å². The van der Waals surface area contributed by atoms with Crippen LogP contribution in [0.25, 0.3) is 0 Å².